The average molecular weight is 1120 g/mol. The molecule has 0 unspecified atom stereocenters. The van der Waals surface area contributed by atoms with Crippen LogP contribution >= 0.6 is 0 Å². The van der Waals surface area contributed by atoms with Gasteiger partial charge in [-0.05, 0) is 0 Å². The summed E-state index contributed by atoms with van der Waals surface area (Å²) >= 11 is -31.8. The Hall–Kier alpha value is 1.94. The van der Waals surface area contributed by atoms with Gasteiger partial charge in [0.05, 0.1) is 0 Å². The van der Waals surface area contributed by atoms with Crippen LogP contribution < -0.4 is 95.4 Å². The first-order valence-corrected chi connectivity index (χ1v) is 24.0. The quantitative estimate of drug-likeness (QED) is 0.0796. The molecule has 0 saturated heterocycles. The molecule has 0 rings (SSSR count). The first-order valence-electron chi connectivity index (χ1n) is 3.58. The second-order valence-corrected chi connectivity index (χ2v) is 14.4. The Morgan fingerprint density at radius 2 is 0.257 bits per heavy atom. The van der Waals surface area contributed by atoms with E-state index < -0.39 is 101 Å². The van der Waals surface area contributed by atoms with Gasteiger partial charge in [0.15, 0.2) is 0 Å². The van der Waals surface area contributed by atoms with E-state index in [0.717, 1.165) is 0 Å². The second-order valence-electron chi connectivity index (χ2n) is 2.15. The molecule has 0 aromatic carbocycles. The summed E-state index contributed by atoms with van der Waals surface area (Å²) in [6, 6.07) is 0. The SMILES string of the molecule is [NH4+].[NH4+].[NH4+].[NH4+].[NH4+].[NH4+].[NH4+].[NH4+].[NH4+].[NH4+].[O]=[Sb]([O-])([O-])[F].[O]=[Sb]([O-])([O-])[F].[O]=[Sb]([O-])([O-])[F].[O]=[Sb]([O-])([O-])[F].[O]=[Sb]([O-])([O-])[F]. The summed E-state index contributed by atoms with van der Waals surface area (Å²) in [6.45, 7) is 0. The van der Waals surface area contributed by atoms with Gasteiger partial charge in [-0.1, -0.05) is 0 Å². The molecule has 0 aliphatic heterocycles. The van der Waals surface area contributed by atoms with Gasteiger partial charge in [-0.15, -0.1) is 0 Å². The van der Waals surface area contributed by atoms with E-state index >= 15 is 0 Å². The van der Waals surface area contributed by atoms with E-state index in [9.17, 15) is 14.1 Å². The van der Waals surface area contributed by atoms with Gasteiger partial charge in [0, 0.05) is 0 Å². The van der Waals surface area contributed by atoms with Crippen molar-refractivity contribution in [2.75, 3.05) is 0 Å². The summed E-state index contributed by atoms with van der Waals surface area (Å²) in [4.78, 5) is 0. The van der Waals surface area contributed by atoms with Gasteiger partial charge in [0.1, 0.15) is 0 Å². The molecular weight excluding hydrogens is 1080 g/mol. The molecule has 240 valence electrons. The predicted octanol–water partition coefficient (Wildman–Crippen LogP) is -8.52. The summed E-state index contributed by atoms with van der Waals surface area (Å²) in [5.41, 5.74) is 0. The zero-order chi connectivity index (χ0) is 22.5. The summed E-state index contributed by atoms with van der Waals surface area (Å²) in [7, 11) is 0. The Morgan fingerprint density at radius 1 is 0.257 bits per heavy atom. The van der Waals surface area contributed by atoms with E-state index in [1.165, 1.54) is 0 Å². The van der Waals surface area contributed by atoms with Crippen molar-refractivity contribution in [1.29, 1.82) is 0 Å². The summed E-state index contributed by atoms with van der Waals surface area (Å²) in [5.74, 6) is 0. The van der Waals surface area contributed by atoms with Gasteiger partial charge in [-0.25, -0.2) is 0 Å². The number of hydrogen-bond donors (Lipinski definition) is 10. The molecule has 0 aromatic heterocycles. The Bertz CT molecular complexity index is 411. The second kappa shape index (κ2) is 43.0. The predicted molar refractivity (Wildman–Crippen MR) is 97.6 cm³/mol. The molecule has 0 spiro atoms. The third-order valence-corrected chi connectivity index (χ3v) is 0. The number of halogens is 5. The summed E-state index contributed by atoms with van der Waals surface area (Å²) < 4.78 is 179. The van der Waals surface area contributed by atoms with E-state index in [4.69, 9.17) is 48.9 Å². The maximum atomic E-state index is 10.2. The van der Waals surface area contributed by atoms with Crippen molar-refractivity contribution in [3.8, 4) is 0 Å². The van der Waals surface area contributed by atoms with Gasteiger partial charge in [-0.3, -0.25) is 0 Å². The van der Waals surface area contributed by atoms with E-state index in [-0.39, 0.29) is 61.5 Å². The van der Waals surface area contributed by atoms with Crippen molar-refractivity contribution in [1.82, 2.24) is 61.5 Å². The van der Waals surface area contributed by atoms with Crippen molar-refractivity contribution < 1.29 is 63.0 Å². The van der Waals surface area contributed by atoms with Gasteiger partial charge in [0.2, 0.25) is 0 Å². The molecule has 40 N–H and O–H groups in total. The molecule has 0 radical (unpaired) electrons. The molecule has 0 aliphatic rings. The molecule has 0 aromatic rings. The van der Waals surface area contributed by atoms with E-state index in [0.29, 0.717) is 0 Å². The van der Waals surface area contributed by atoms with E-state index in [1.54, 1.807) is 0 Å². The summed E-state index contributed by atoms with van der Waals surface area (Å²) in [5, 5.41) is 0. The van der Waals surface area contributed by atoms with Crippen LogP contribution in [0.2, 0.25) is 0 Å². The molecule has 35 heavy (non-hydrogen) atoms. The minimum atomic E-state index is -6.35. The number of quaternary nitrogens is 10. The van der Waals surface area contributed by atoms with Crippen LogP contribution in [0.15, 0.2) is 0 Å². The van der Waals surface area contributed by atoms with E-state index in [2.05, 4.69) is 0 Å². The van der Waals surface area contributed by atoms with Crippen LogP contribution in [-0.2, 0) is 15.1 Å². The minimum absolute atomic E-state index is 0. The van der Waals surface area contributed by atoms with Crippen LogP contribution in [0, 0.1) is 0 Å². The third-order valence-electron chi connectivity index (χ3n) is 0. The molecule has 0 bridgehead atoms. The topological polar surface area (TPSA) is 681 Å². The number of hydrogen-bond acceptors (Lipinski definition) is 15. The molecule has 0 aliphatic carbocycles. The molecule has 35 heteroatoms. The van der Waals surface area contributed by atoms with Crippen molar-refractivity contribution in [2.24, 2.45) is 0 Å². The van der Waals surface area contributed by atoms with Gasteiger partial charge in [0.25, 0.3) is 0 Å². The normalized spacial score (nSPS) is 8.43. The fraction of sp³-hybridized carbons (Fsp3) is 0. The molecule has 0 heterocycles. The van der Waals surface area contributed by atoms with E-state index in [1.807, 2.05) is 0 Å². The zero-order valence-electron chi connectivity index (χ0n) is 20.2. The average Bonchev–Trinajstić information content (AvgIpc) is 1.79. The van der Waals surface area contributed by atoms with Crippen LogP contribution in [0.4, 0.5) is 14.1 Å². The molecule has 0 atom stereocenters. The Balaban J connectivity index is -0.0000000103. The molecule has 0 saturated carbocycles. The molecular formula is H40F5N10O15Sb5. The van der Waals surface area contributed by atoms with Crippen LogP contribution in [-0.4, -0.2) is 101 Å². The van der Waals surface area contributed by atoms with Gasteiger partial charge >= 0.3 is 164 Å². The van der Waals surface area contributed by atoms with Crippen molar-refractivity contribution in [2.45, 2.75) is 0 Å². The Kier molecular flexibility index (Phi) is 122. The summed E-state index contributed by atoms with van der Waals surface area (Å²) in [6.07, 6.45) is 0. The monoisotopic (exact) mass is 1120 g/mol. The molecule has 25 nitrogen and oxygen atoms in total. The molecule has 0 amide bonds. The van der Waals surface area contributed by atoms with Crippen LogP contribution in [0.25, 0.3) is 0 Å². The standard InChI is InChI=1S/5FH.10H3N.15O.5Sb/h5*1H;10*1H3;;;;;;;;;;;;;;;;;;;;/q;;;;;;;;;;;;;;;;;;;;10*-1;5*+1/p+5. The Labute approximate surface area is 223 Å². The first kappa shape index (κ1) is 99.1. The van der Waals surface area contributed by atoms with Gasteiger partial charge < -0.3 is 61.5 Å². The maximum absolute atomic E-state index is 10.2. The van der Waals surface area contributed by atoms with Crippen molar-refractivity contribution in [3.63, 3.8) is 0 Å². The number of rotatable bonds is 0. The first-order chi connectivity index (χ1) is 10.0. The van der Waals surface area contributed by atoms with Crippen LogP contribution in [0.1, 0.15) is 0 Å². The van der Waals surface area contributed by atoms with Gasteiger partial charge in [-0.2, -0.15) is 0 Å². The van der Waals surface area contributed by atoms with Crippen LogP contribution in [0.3, 0.4) is 0 Å². The third kappa shape index (κ3) is 11000. The van der Waals surface area contributed by atoms with Crippen LogP contribution in [0.5, 0.6) is 0 Å². The fourth-order valence-electron chi connectivity index (χ4n) is 0. The Morgan fingerprint density at radius 3 is 0.257 bits per heavy atom. The van der Waals surface area contributed by atoms with Crippen molar-refractivity contribution >= 4 is 101 Å². The molecule has 0 fully saturated rings. The van der Waals surface area contributed by atoms with Crippen molar-refractivity contribution in [3.05, 3.63) is 0 Å². The zero-order valence-corrected chi connectivity index (χ0v) is 33.0. The fourth-order valence-corrected chi connectivity index (χ4v) is 0.